The molecule has 3 heteroatoms. The molecule has 1 heterocycles. The molecule has 0 fully saturated rings. The molecule has 0 aliphatic rings. The van der Waals surface area contributed by atoms with Gasteiger partial charge in [-0.1, -0.05) is 29.8 Å². The van der Waals surface area contributed by atoms with E-state index in [-0.39, 0.29) is 0 Å². The summed E-state index contributed by atoms with van der Waals surface area (Å²) in [6, 6.07) is 8.84. The van der Waals surface area contributed by atoms with Crippen LogP contribution in [0, 0.1) is 13.8 Å². The van der Waals surface area contributed by atoms with Gasteiger partial charge in [0.25, 0.3) is 0 Å². The number of halogens is 1. The monoisotopic (exact) mass is 321 g/mol. The van der Waals surface area contributed by atoms with E-state index in [0.29, 0.717) is 6.04 Å². The Morgan fingerprint density at radius 1 is 1.16 bits per heavy atom. The van der Waals surface area contributed by atoms with Gasteiger partial charge in [0.05, 0.1) is 6.54 Å². The molecule has 0 bridgehead atoms. The molecule has 0 saturated carbocycles. The van der Waals surface area contributed by atoms with Crippen LogP contribution in [0.2, 0.25) is 0 Å². The molecule has 0 saturated heterocycles. The van der Waals surface area contributed by atoms with Gasteiger partial charge in [0.1, 0.15) is 11.5 Å². The summed E-state index contributed by atoms with van der Waals surface area (Å²) < 4.78 is 7.06. The minimum absolute atomic E-state index is 0.464. The van der Waals surface area contributed by atoms with E-state index in [1.54, 1.807) is 0 Å². The number of nitrogens with one attached hydrogen (secondary N) is 1. The van der Waals surface area contributed by atoms with Crippen molar-refractivity contribution in [1.29, 1.82) is 0 Å². The maximum atomic E-state index is 5.89. The lowest BCUT2D eigenvalue weighted by Gasteiger charge is -2.07. The topological polar surface area (TPSA) is 25.2 Å². The Balaban J connectivity index is 2.23. The third-order valence-electron chi connectivity index (χ3n) is 3.07. The zero-order valence-corrected chi connectivity index (χ0v) is 13.5. The summed E-state index contributed by atoms with van der Waals surface area (Å²) in [4.78, 5) is 0. The Morgan fingerprint density at radius 3 is 2.37 bits per heavy atom. The van der Waals surface area contributed by atoms with Gasteiger partial charge in [0.15, 0.2) is 0 Å². The van der Waals surface area contributed by atoms with E-state index >= 15 is 0 Å². The molecule has 2 rings (SSSR count). The molecule has 1 aromatic carbocycles. The molecule has 1 N–H and O–H groups in total. The van der Waals surface area contributed by atoms with Crippen LogP contribution in [0.25, 0.3) is 11.3 Å². The van der Waals surface area contributed by atoms with E-state index in [9.17, 15) is 0 Å². The van der Waals surface area contributed by atoms with Crippen molar-refractivity contribution in [3.05, 3.63) is 45.6 Å². The standard InChI is InChI=1S/C16H20BrNO/c1-10(2)18-9-14-5-6-15(19-14)13-7-11(3)16(17)12(4)8-13/h5-8,10,18H,9H2,1-4H3. The minimum Gasteiger partial charge on any atom is -0.460 e. The third-order valence-corrected chi connectivity index (χ3v) is 4.32. The van der Waals surface area contributed by atoms with E-state index in [2.05, 4.69) is 61.1 Å². The van der Waals surface area contributed by atoms with Gasteiger partial charge in [-0.2, -0.15) is 0 Å². The average molecular weight is 322 g/mol. The molecule has 102 valence electrons. The van der Waals surface area contributed by atoms with Crippen LogP contribution in [0.4, 0.5) is 0 Å². The smallest absolute Gasteiger partial charge is 0.134 e. The Hall–Kier alpha value is -1.06. The second-order valence-corrected chi connectivity index (χ2v) is 6.02. The van der Waals surface area contributed by atoms with Gasteiger partial charge in [-0.25, -0.2) is 0 Å². The fourth-order valence-corrected chi connectivity index (χ4v) is 2.25. The summed E-state index contributed by atoms with van der Waals surface area (Å²) in [6.07, 6.45) is 0. The third kappa shape index (κ3) is 3.48. The first kappa shape index (κ1) is 14.4. The summed E-state index contributed by atoms with van der Waals surface area (Å²) in [5.41, 5.74) is 3.59. The molecule has 0 atom stereocenters. The SMILES string of the molecule is Cc1cc(-c2ccc(CNC(C)C)o2)cc(C)c1Br. The molecule has 19 heavy (non-hydrogen) atoms. The van der Waals surface area contributed by atoms with Gasteiger partial charge < -0.3 is 9.73 Å². The molecule has 1 aromatic heterocycles. The highest BCUT2D eigenvalue weighted by atomic mass is 79.9. The van der Waals surface area contributed by atoms with Crippen LogP contribution in [0.3, 0.4) is 0 Å². The zero-order chi connectivity index (χ0) is 14.0. The Kier molecular flexibility index (Phi) is 4.48. The van der Waals surface area contributed by atoms with Gasteiger partial charge >= 0.3 is 0 Å². The van der Waals surface area contributed by atoms with E-state index in [1.165, 1.54) is 15.6 Å². The second-order valence-electron chi connectivity index (χ2n) is 5.23. The number of hydrogen-bond donors (Lipinski definition) is 1. The molecular weight excluding hydrogens is 302 g/mol. The van der Waals surface area contributed by atoms with Crippen LogP contribution < -0.4 is 5.32 Å². The summed E-state index contributed by atoms with van der Waals surface area (Å²) >= 11 is 3.59. The highest BCUT2D eigenvalue weighted by Gasteiger charge is 2.08. The highest BCUT2D eigenvalue weighted by molar-refractivity contribution is 9.10. The molecule has 0 amide bonds. The summed E-state index contributed by atoms with van der Waals surface area (Å²) in [5, 5.41) is 3.36. The van der Waals surface area contributed by atoms with Crippen LogP contribution in [-0.2, 0) is 6.54 Å². The number of aryl methyl sites for hydroxylation is 2. The van der Waals surface area contributed by atoms with Crippen molar-refractivity contribution in [2.24, 2.45) is 0 Å². The van der Waals surface area contributed by atoms with Gasteiger partial charge in [-0.15, -0.1) is 0 Å². The van der Waals surface area contributed by atoms with Gasteiger partial charge in [-0.3, -0.25) is 0 Å². The number of rotatable bonds is 4. The van der Waals surface area contributed by atoms with Crippen LogP contribution >= 0.6 is 15.9 Å². The molecule has 0 aliphatic heterocycles. The highest BCUT2D eigenvalue weighted by Crippen LogP contribution is 2.29. The van der Waals surface area contributed by atoms with Crippen LogP contribution in [0.15, 0.2) is 33.2 Å². The van der Waals surface area contributed by atoms with Crippen molar-refractivity contribution in [3.63, 3.8) is 0 Å². The molecular formula is C16H20BrNO. The fraction of sp³-hybridized carbons (Fsp3) is 0.375. The largest absolute Gasteiger partial charge is 0.460 e. The van der Waals surface area contributed by atoms with Crippen molar-refractivity contribution in [3.8, 4) is 11.3 Å². The Labute approximate surface area is 123 Å². The zero-order valence-electron chi connectivity index (χ0n) is 11.9. The average Bonchev–Trinajstić information content (AvgIpc) is 2.81. The molecule has 0 unspecified atom stereocenters. The number of hydrogen-bond acceptors (Lipinski definition) is 2. The van der Waals surface area contributed by atoms with Crippen molar-refractivity contribution < 1.29 is 4.42 Å². The van der Waals surface area contributed by atoms with Crippen LogP contribution in [0.1, 0.15) is 30.7 Å². The summed E-state index contributed by atoms with van der Waals surface area (Å²) in [5.74, 6) is 1.90. The van der Waals surface area contributed by atoms with Crippen LogP contribution in [0.5, 0.6) is 0 Å². The first-order valence-electron chi connectivity index (χ1n) is 6.56. The second kappa shape index (κ2) is 5.93. The number of benzene rings is 1. The van der Waals surface area contributed by atoms with E-state index in [1.807, 2.05) is 12.1 Å². The lowest BCUT2D eigenvalue weighted by Crippen LogP contribution is -2.21. The minimum atomic E-state index is 0.464. The van der Waals surface area contributed by atoms with E-state index < -0.39 is 0 Å². The maximum absolute atomic E-state index is 5.89. The lowest BCUT2D eigenvalue weighted by molar-refractivity contribution is 0.473. The van der Waals surface area contributed by atoms with Crippen LogP contribution in [-0.4, -0.2) is 6.04 Å². The van der Waals surface area contributed by atoms with Crippen molar-refractivity contribution in [2.75, 3.05) is 0 Å². The maximum Gasteiger partial charge on any atom is 0.134 e. The summed E-state index contributed by atoms with van der Waals surface area (Å²) in [6.45, 7) is 9.23. The van der Waals surface area contributed by atoms with Gasteiger partial charge in [0, 0.05) is 16.1 Å². The fourth-order valence-electron chi connectivity index (χ4n) is 2.02. The molecule has 0 radical (unpaired) electrons. The molecule has 2 nitrogen and oxygen atoms in total. The van der Waals surface area contributed by atoms with Crippen molar-refractivity contribution in [1.82, 2.24) is 5.32 Å². The molecule has 0 aliphatic carbocycles. The quantitative estimate of drug-likeness (QED) is 0.873. The first-order valence-corrected chi connectivity index (χ1v) is 7.36. The summed E-state index contributed by atoms with van der Waals surface area (Å²) in [7, 11) is 0. The van der Waals surface area contributed by atoms with E-state index in [0.717, 1.165) is 23.6 Å². The normalized spacial score (nSPS) is 11.3. The first-order chi connectivity index (χ1) is 8.97. The van der Waals surface area contributed by atoms with Gasteiger partial charge in [0.2, 0.25) is 0 Å². The molecule has 0 spiro atoms. The van der Waals surface area contributed by atoms with Crippen molar-refractivity contribution in [2.45, 2.75) is 40.3 Å². The lowest BCUT2D eigenvalue weighted by atomic mass is 10.1. The predicted molar refractivity (Wildman–Crippen MR) is 83.3 cm³/mol. The Bertz CT molecular complexity index is 549. The van der Waals surface area contributed by atoms with Crippen molar-refractivity contribution >= 4 is 15.9 Å². The number of furan rings is 1. The predicted octanol–water partition coefficient (Wildman–Crippen LogP) is 4.82. The van der Waals surface area contributed by atoms with Gasteiger partial charge in [-0.05, 0) is 49.2 Å². The molecule has 2 aromatic rings. The Morgan fingerprint density at radius 2 is 1.79 bits per heavy atom. The van der Waals surface area contributed by atoms with E-state index in [4.69, 9.17) is 4.42 Å².